The Morgan fingerprint density at radius 1 is 1.26 bits per heavy atom. The molecule has 4 nitrogen and oxygen atoms in total. The second-order valence-electron chi connectivity index (χ2n) is 4.73. The topological polar surface area (TPSA) is 60.2 Å². The average molecular weight is 277 g/mol. The zero-order valence-corrected chi connectivity index (χ0v) is 11.6. The van der Waals surface area contributed by atoms with Crippen molar-refractivity contribution in [3.05, 3.63) is 54.9 Å². The van der Waals surface area contributed by atoms with E-state index >= 15 is 0 Å². The van der Waals surface area contributed by atoms with E-state index in [2.05, 4.69) is 11.6 Å². The SMILES string of the molecule is C=CC(C)(C)c1cnc(S(=O)(=O)c2ccccc2)o1. The molecule has 2 aromatic rings. The lowest BCUT2D eigenvalue weighted by atomic mass is 9.91. The minimum Gasteiger partial charge on any atom is -0.432 e. The lowest BCUT2D eigenvalue weighted by Crippen LogP contribution is -2.11. The van der Waals surface area contributed by atoms with Crippen LogP contribution >= 0.6 is 0 Å². The van der Waals surface area contributed by atoms with Crippen molar-refractivity contribution >= 4 is 9.84 Å². The van der Waals surface area contributed by atoms with Crippen LogP contribution in [0.3, 0.4) is 0 Å². The van der Waals surface area contributed by atoms with Gasteiger partial charge in [0.1, 0.15) is 5.76 Å². The Morgan fingerprint density at radius 2 is 1.89 bits per heavy atom. The number of aromatic nitrogens is 1. The summed E-state index contributed by atoms with van der Waals surface area (Å²) >= 11 is 0. The highest BCUT2D eigenvalue weighted by atomic mass is 32.2. The number of rotatable bonds is 4. The molecular weight excluding hydrogens is 262 g/mol. The monoisotopic (exact) mass is 277 g/mol. The predicted molar refractivity (Wildman–Crippen MR) is 71.6 cm³/mol. The normalized spacial score (nSPS) is 12.3. The van der Waals surface area contributed by atoms with Crippen molar-refractivity contribution in [2.75, 3.05) is 0 Å². The minimum absolute atomic E-state index is 0.166. The third-order valence-electron chi connectivity index (χ3n) is 2.91. The maximum atomic E-state index is 12.3. The second-order valence-corrected chi connectivity index (χ2v) is 6.56. The maximum Gasteiger partial charge on any atom is 0.320 e. The number of benzene rings is 1. The van der Waals surface area contributed by atoms with Gasteiger partial charge in [0.15, 0.2) is 0 Å². The third-order valence-corrected chi connectivity index (χ3v) is 4.45. The Kier molecular flexibility index (Phi) is 3.32. The summed E-state index contributed by atoms with van der Waals surface area (Å²) in [6, 6.07) is 8.09. The Balaban J connectivity index is 2.47. The minimum atomic E-state index is -3.70. The number of sulfone groups is 1. The molecule has 0 aliphatic carbocycles. The van der Waals surface area contributed by atoms with Gasteiger partial charge in [0.25, 0.3) is 9.84 Å². The van der Waals surface area contributed by atoms with Crippen molar-refractivity contribution in [3.63, 3.8) is 0 Å². The van der Waals surface area contributed by atoms with Crippen molar-refractivity contribution in [3.8, 4) is 0 Å². The molecule has 0 atom stereocenters. The van der Waals surface area contributed by atoms with Gasteiger partial charge in [0, 0.05) is 5.41 Å². The molecule has 1 heterocycles. The summed E-state index contributed by atoms with van der Waals surface area (Å²) in [6.07, 6.45) is 3.12. The summed E-state index contributed by atoms with van der Waals surface area (Å²) in [5.41, 5.74) is -0.461. The summed E-state index contributed by atoms with van der Waals surface area (Å²) in [5, 5.41) is -0.288. The van der Waals surface area contributed by atoms with E-state index in [0.29, 0.717) is 5.76 Å². The zero-order valence-electron chi connectivity index (χ0n) is 10.8. The molecule has 0 radical (unpaired) electrons. The lowest BCUT2D eigenvalue weighted by molar-refractivity contribution is 0.361. The lowest BCUT2D eigenvalue weighted by Gasteiger charge is -2.14. The van der Waals surface area contributed by atoms with Crippen LogP contribution in [0.2, 0.25) is 0 Å². The first-order chi connectivity index (χ1) is 8.88. The molecule has 0 aliphatic heterocycles. The maximum absolute atomic E-state index is 12.3. The third kappa shape index (κ3) is 2.46. The van der Waals surface area contributed by atoms with Gasteiger partial charge >= 0.3 is 5.22 Å². The first-order valence-corrected chi connectivity index (χ1v) is 7.26. The van der Waals surface area contributed by atoms with Gasteiger partial charge in [-0.2, -0.15) is 0 Å². The average Bonchev–Trinajstić information content (AvgIpc) is 2.91. The molecule has 0 unspecified atom stereocenters. The van der Waals surface area contributed by atoms with Crippen molar-refractivity contribution < 1.29 is 12.8 Å². The molecule has 0 fully saturated rings. The smallest absolute Gasteiger partial charge is 0.320 e. The summed E-state index contributed by atoms with van der Waals surface area (Å²) in [4.78, 5) is 4.04. The Labute approximate surface area is 112 Å². The number of allylic oxidation sites excluding steroid dienone is 1. The molecule has 0 bridgehead atoms. The fourth-order valence-corrected chi connectivity index (χ4v) is 2.59. The molecule has 0 saturated carbocycles. The quantitative estimate of drug-likeness (QED) is 0.806. The van der Waals surface area contributed by atoms with Crippen LogP contribution in [0.15, 0.2) is 63.7 Å². The Hall–Kier alpha value is -1.88. The first-order valence-electron chi connectivity index (χ1n) is 5.78. The Bertz CT molecular complexity index is 684. The van der Waals surface area contributed by atoms with Crippen LogP contribution in [-0.2, 0) is 15.3 Å². The van der Waals surface area contributed by atoms with E-state index in [1.54, 1.807) is 24.3 Å². The van der Waals surface area contributed by atoms with Gasteiger partial charge in [-0.3, -0.25) is 0 Å². The zero-order chi connectivity index (χ0) is 14.1. The van der Waals surface area contributed by atoms with Crippen LogP contribution in [-0.4, -0.2) is 13.4 Å². The number of hydrogen-bond acceptors (Lipinski definition) is 4. The number of oxazole rings is 1. The molecule has 5 heteroatoms. The molecule has 0 N–H and O–H groups in total. The van der Waals surface area contributed by atoms with Crippen molar-refractivity contribution in [1.29, 1.82) is 0 Å². The van der Waals surface area contributed by atoms with Crippen molar-refractivity contribution in [1.82, 2.24) is 4.98 Å². The van der Waals surface area contributed by atoms with Gasteiger partial charge in [-0.25, -0.2) is 13.4 Å². The van der Waals surface area contributed by atoms with Gasteiger partial charge in [-0.1, -0.05) is 24.3 Å². The molecule has 0 amide bonds. The Morgan fingerprint density at radius 3 is 2.47 bits per heavy atom. The van der Waals surface area contributed by atoms with Crippen LogP contribution in [0.5, 0.6) is 0 Å². The standard InChI is InChI=1S/C14H15NO3S/c1-4-14(2,3)12-10-15-13(18-12)19(16,17)11-8-6-5-7-9-11/h4-10H,1H2,2-3H3. The van der Waals surface area contributed by atoms with E-state index < -0.39 is 15.3 Å². The molecular formula is C14H15NO3S. The highest BCUT2D eigenvalue weighted by molar-refractivity contribution is 7.91. The molecule has 0 aliphatic rings. The van der Waals surface area contributed by atoms with Crippen molar-refractivity contribution in [2.24, 2.45) is 0 Å². The summed E-state index contributed by atoms with van der Waals surface area (Å²) in [5.74, 6) is 0.469. The summed E-state index contributed by atoms with van der Waals surface area (Å²) < 4.78 is 29.9. The van der Waals surface area contributed by atoms with Crippen molar-refractivity contribution in [2.45, 2.75) is 29.4 Å². The molecule has 1 aromatic carbocycles. The molecule has 100 valence electrons. The molecule has 0 saturated heterocycles. The number of nitrogens with zero attached hydrogens (tertiary/aromatic N) is 1. The highest BCUT2D eigenvalue weighted by Gasteiger charge is 2.27. The number of hydrogen-bond donors (Lipinski definition) is 0. The van der Waals surface area contributed by atoms with E-state index in [1.807, 2.05) is 13.8 Å². The van der Waals surface area contributed by atoms with Gasteiger partial charge in [0.2, 0.25) is 0 Å². The van der Waals surface area contributed by atoms with Gasteiger partial charge in [-0.05, 0) is 26.0 Å². The van der Waals surface area contributed by atoms with E-state index in [-0.39, 0.29) is 10.1 Å². The largest absolute Gasteiger partial charge is 0.432 e. The second kappa shape index (κ2) is 4.66. The van der Waals surface area contributed by atoms with Gasteiger partial charge < -0.3 is 4.42 Å². The molecule has 19 heavy (non-hydrogen) atoms. The molecule has 0 spiro atoms. The van der Waals surface area contributed by atoms with Crippen LogP contribution in [0.25, 0.3) is 0 Å². The van der Waals surface area contributed by atoms with E-state index in [9.17, 15) is 8.42 Å². The van der Waals surface area contributed by atoms with E-state index in [4.69, 9.17) is 4.42 Å². The highest BCUT2D eigenvalue weighted by Crippen LogP contribution is 2.28. The van der Waals surface area contributed by atoms with Gasteiger partial charge in [-0.15, -0.1) is 6.58 Å². The fraction of sp³-hybridized carbons (Fsp3) is 0.214. The molecule has 1 aromatic heterocycles. The predicted octanol–water partition coefficient (Wildman–Crippen LogP) is 2.97. The first kappa shape index (κ1) is 13.5. The molecule has 2 rings (SSSR count). The summed E-state index contributed by atoms with van der Waals surface area (Å²) in [7, 11) is -3.70. The van der Waals surface area contributed by atoms with Crippen LogP contribution in [0.4, 0.5) is 0 Å². The van der Waals surface area contributed by atoms with Crippen LogP contribution in [0, 0.1) is 0 Å². The van der Waals surface area contributed by atoms with E-state index in [1.165, 1.54) is 18.3 Å². The van der Waals surface area contributed by atoms with E-state index in [0.717, 1.165) is 0 Å². The van der Waals surface area contributed by atoms with Gasteiger partial charge in [0.05, 0.1) is 11.1 Å². The van der Waals surface area contributed by atoms with Crippen LogP contribution < -0.4 is 0 Å². The summed E-state index contributed by atoms with van der Waals surface area (Å²) in [6.45, 7) is 7.45. The fourth-order valence-electron chi connectivity index (χ4n) is 1.48. The van der Waals surface area contributed by atoms with Crippen LogP contribution in [0.1, 0.15) is 19.6 Å².